The Morgan fingerprint density at radius 2 is 1.53 bits per heavy atom. The van der Waals surface area contributed by atoms with Crippen molar-refractivity contribution < 1.29 is 0 Å². The summed E-state index contributed by atoms with van der Waals surface area (Å²) in [4.78, 5) is 2.61. The Hall–Kier alpha value is -0.300. The summed E-state index contributed by atoms with van der Waals surface area (Å²) in [6.45, 7) is 13.2. The molecule has 0 amide bonds. The molecule has 1 heteroatoms. The molecule has 0 rings (SSSR count). The molecule has 0 aliphatic carbocycles. The van der Waals surface area contributed by atoms with Crippen LogP contribution in [-0.4, -0.2) is 24.0 Å². The quantitative estimate of drug-likeness (QED) is 0.488. The number of rotatable bonds is 10. The molecule has 0 aromatic rings. The van der Waals surface area contributed by atoms with E-state index in [9.17, 15) is 0 Å². The molecule has 0 N–H and O–H groups in total. The van der Waals surface area contributed by atoms with Gasteiger partial charge in [0.15, 0.2) is 0 Å². The Balaban J connectivity index is 4.08. The molecule has 0 aliphatic rings. The molecule has 0 bridgehead atoms. The molecule has 0 radical (unpaired) electrons. The summed E-state index contributed by atoms with van der Waals surface area (Å²) >= 11 is 0. The fraction of sp³-hybridized carbons (Fsp3) is 0.857. The summed E-state index contributed by atoms with van der Waals surface area (Å²) in [5.74, 6) is 0. The Morgan fingerprint density at radius 3 is 1.87 bits per heavy atom. The van der Waals surface area contributed by atoms with E-state index < -0.39 is 0 Å². The first-order valence-electron chi connectivity index (χ1n) is 6.66. The lowest BCUT2D eigenvalue weighted by atomic mass is 10.1. The van der Waals surface area contributed by atoms with E-state index in [-0.39, 0.29) is 0 Å². The molecule has 1 atom stereocenters. The van der Waals surface area contributed by atoms with Gasteiger partial charge >= 0.3 is 0 Å². The van der Waals surface area contributed by atoms with Crippen LogP contribution in [0, 0.1) is 0 Å². The van der Waals surface area contributed by atoms with Crippen molar-refractivity contribution in [2.24, 2.45) is 0 Å². The van der Waals surface area contributed by atoms with Crippen molar-refractivity contribution in [2.75, 3.05) is 13.1 Å². The van der Waals surface area contributed by atoms with Gasteiger partial charge in [0.25, 0.3) is 0 Å². The molecular weight excluding hydrogens is 182 g/mol. The van der Waals surface area contributed by atoms with Gasteiger partial charge in [0, 0.05) is 6.04 Å². The van der Waals surface area contributed by atoms with E-state index >= 15 is 0 Å². The lowest BCUT2D eigenvalue weighted by Crippen LogP contribution is -2.35. The summed E-state index contributed by atoms with van der Waals surface area (Å²) in [6.07, 6.45) is 9.87. The van der Waals surface area contributed by atoms with E-state index in [0.717, 1.165) is 0 Å². The molecule has 90 valence electrons. The molecule has 1 unspecified atom stereocenters. The average molecular weight is 211 g/mol. The number of hydrogen-bond donors (Lipinski definition) is 0. The van der Waals surface area contributed by atoms with Gasteiger partial charge in [0.2, 0.25) is 0 Å². The van der Waals surface area contributed by atoms with Crippen molar-refractivity contribution in [2.45, 2.75) is 65.3 Å². The van der Waals surface area contributed by atoms with Crippen LogP contribution in [0.1, 0.15) is 59.3 Å². The summed E-state index contributed by atoms with van der Waals surface area (Å²) < 4.78 is 0. The Kier molecular flexibility index (Phi) is 10.0. The molecule has 0 heterocycles. The third-order valence-electron chi connectivity index (χ3n) is 2.92. The Morgan fingerprint density at radius 1 is 1.00 bits per heavy atom. The topological polar surface area (TPSA) is 3.24 Å². The van der Waals surface area contributed by atoms with Crippen LogP contribution in [0.15, 0.2) is 12.7 Å². The second-order valence-corrected chi connectivity index (χ2v) is 4.33. The van der Waals surface area contributed by atoms with E-state index in [1.807, 2.05) is 0 Å². The van der Waals surface area contributed by atoms with Gasteiger partial charge in [-0.15, -0.1) is 6.58 Å². The molecule has 0 aliphatic heterocycles. The van der Waals surface area contributed by atoms with E-state index in [4.69, 9.17) is 0 Å². The zero-order valence-corrected chi connectivity index (χ0v) is 11.0. The second kappa shape index (κ2) is 10.2. The predicted octanol–water partition coefficient (Wildman–Crippen LogP) is 4.24. The third kappa shape index (κ3) is 6.72. The third-order valence-corrected chi connectivity index (χ3v) is 2.92. The van der Waals surface area contributed by atoms with Gasteiger partial charge in [0.1, 0.15) is 0 Å². The standard InChI is InChI=1S/C14H29N/c1-5-9-12-15(13-10-6-2)14(8-4)11-7-3/h8,14H,4-7,9-13H2,1-3H3. The van der Waals surface area contributed by atoms with Gasteiger partial charge in [0.05, 0.1) is 0 Å². The van der Waals surface area contributed by atoms with E-state index in [1.165, 1.54) is 51.6 Å². The molecule has 0 fully saturated rings. The summed E-state index contributed by atoms with van der Waals surface area (Å²) in [7, 11) is 0. The minimum absolute atomic E-state index is 0.605. The maximum Gasteiger partial charge on any atom is 0.0275 e. The van der Waals surface area contributed by atoms with Crippen molar-refractivity contribution in [3.63, 3.8) is 0 Å². The monoisotopic (exact) mass is 211 g/mol. The number of nitrogens with zero attached hydrogens (tertiary/aromatic N) is 1. The predicted molar refractivity (Wildman–Crippen MR) is 70.3 cm³/mol. The average Bonchev–Trinajstić information content (AvgIpc) is 2.27. The van der Waals surface area contributed by atoms with Crippen LogP contribution in [0.5, 0.6) is 0 Å². The highest BCUT2D eigenvalue weighted by Gasteiger charge is 2.12. The SMILES string of the molecule is C=CC(CCC)N(CCCC)CCCC. The van der Waals surface area contributed by atoms with Gasteiger partial charge < -0.3 is 0 Å². The molecule has 0 aromatic carbocycles. The largest absolute Gasteiger partial charge is 0.297 e. The van der Waals surface area contributed by atoms with Crippen LogP contribution < -0.4 is 0 Å². The maximum absolute atomic E-state index is 3.98. The van der Waals surface area contributed by atoms with Crippen molar-refractivity contribution in [1.82, 2.24) is 4.90 Å². The van der Waals surface area contributed by atoms with Crippen LogP contribution in [0.3, 0.4) is 0 Å². The fourth-order valence-corrected chi connectivity index (χ4v) is 1.91. The summed E-state index contributed by atoms with van der Waals surface area (Å²) in [6, 6.07) is 0.605. The Bertz CT molecular complexity index is 134. The van der Waals surface area contributed by atoms with Crippen molar-refractivity contribution in [3.8, 4) is 0 Å². The lowest BCUT2D eigenvalue weighted by molar-refractivity contribution is 0.213. The zero-order chi connectivity index (χ0) is 11.5. The molecule has 0 spiro atoms. The summed E-state index contributed by atoms with van der Waals surface area (Å²) in [5, 5.41) is 0. The maximum atomic E-state index is 3.98. The van der Waals surface area contributed by atoms with Crippen LogP contribution in [0.4, 0.5) is 0 Å². The smallest absolute Gasteiger partial charge is 0.0275 e. The normalized spacial score (nSPS) is 13.1. The van der Waals surface area contributed by atoms with Gasteiger partial charge in [-0.1, -0.05) is 46.1 Å². The molecule has 0 aromatic heterocycles. The van der Waals surface area contributed by atoms with Crippen molar-refractivity contribution >= 4 is 0 Å². The number of unbranched alkanes of at least 4 members (excludes halogenated alkanes) is 2. The minimum atomic E-state index is 0.605. The molecular formula is C14H29N. The van der Waals surface area contributed by atoms with Gasteiger partial charge in [-0.25, -0.2) is 0 Å². The highest BCUT2D eigenvalue weighted by Crippen LogP contribution is 2.11. The zero-order valence-electron chi connectivity index (χ0n) is 11.0. The highest BCUT2D eigenvalue weighted by molar-refractivity contribution is 4.87. The highest BCUT2D eigenvalue weighted by atomic mass is 15.1. The van der Waals surface area contributed by atoms with E-state index in [2.05, 4.69) is 38.3 Å². The van der Waals surface area contributed by atoms with Crippen LogP contribution in [0.25, 0.3) is 0 Å². The first-order valence-corrected chi connectivity index (χ1v) is 6.66. The van der Waals surface area contributed by atoms with Gasteiger partial charge in [-0.2, -0.15) is 0 Å². The van der Waals surface area contributed by atoms with Crippen LogP contribution in [0.2, 0.25) is 0 Å². The van der Waals surface area contributed by atoms with Gasteiger partial charge in [-0.05, 0) is 32.4 Å². The van der Waals surface area contributed by atoms with Gasteiger partial charge in [-0.3, -0.25) is 4.90 Å². The first kappa shape index (κ1) is 14.7. The molecule has 1 nitrogen and oxygen atoms in total. The van der Waals surface area contributed by atoms with Crippen LogP contribution >= 0.6 is 0 Å². The second-order valence-electron chi connectivity index (χ2n) is 4.33. The summed E-state index contributed by atoms with van der Waals surface area (Å²) in [5.41, 5.74) is 0. The Labute approximate surface area is 96.6 Å². The van der Waals surface area contributed by atoms with Crippen LogP contribution in [-0.2, 0) is 0 Å². The van der Waals surface area contributed by atoms with Crippen molar-refractivity contribution in [1.29, 1.82) is 0 Å². The molecule has 0 saturated heterocycles. The number of hydrogen-bond acceptors (Lipinski definition) is 1. The van der Waals surface area contributed by atoms with E-state index in [1.54, 1.807) is 0 Å². The van der Waals surface area contributed by atoms with Crippen molar-refractivity contribution in [3.05, 3.63) is 12.7 Å². The first-order chi connectivity index (χ1) is 7.29. The fourth-order valence-electron chi connectivity index (χ4n) is 1.91. The lowest BCUT2D eigenvalue weighted by Gasteiger charge is -2.29. The van der Waals surface area contributed by atoms with E-state index in [0.29, 0.717) is 6.04 Å². The minimum Gasteiger partial charge on any atom is -0.297 e. The molecule has 0 saturated carbocycles. The molecule has 15 heavy (non-hydrogen) atoms.